The van der Waals surface area contributed by atoms with Gasteiger partial charge in [-0.1, -0.05) is 26.7 Å². The van der Waals surface area contributed by atoms with E-state index in [0.29, 0.717) is 11.4 Å². The Balaban J connectivity index is 2.28. The van der Waals surface area contributed by atoms with Crippen LogP contribution in [0.2, 0.25) is 0 Å². The van der Waals surface area contributed by atoms with E-state index in [0.717, 1.165) is 37.1 Å². The molecule has 118 valence electrons. The molecule has 0 aliphatic carbocycles. The van der Waals surface area contributed by atoms with Gasteiger partial charge in [0.1, 0.15) is 0 Å². The van der Waals surface area contributed by atoms with Crippen LogP contribution >= 0.6 is 0 Å². The molecule has 0 aliphatic rings. The average molecular weight is 300 g/mol. The maximum Gasteiger partial charge on any atom is 0.251 e. The van der Waals surface area contributed by atoms with Gasteiger partial charge in [0, 0.05) is 25.5 Å². The van der Waals surface area contributed by atoms with E-state index >= 15 is 0 Å². The molecule has 2 aromatic heterocycles. The lowest BCUT2D eigenvalue weighted by Crippen LogP contribution is -2.21. The lowest BCUT2D eigenvalue weighted by atomic mass is 10.1. The van der Waals surface area contributed by atoms with Gasteiger partial charge >= 0.3 is 0 Å². The standard InChI is InChI=1S/C18H24N2O2/c1-5-7-13-9-11-15(19(13)3)17(21)18(22)16-12-10-14(8-6-2)20(16)4/h9-12H,5-8H2,1-4H3. The summed E-state index contributed by atoms with van der Waals surface area (Å²) in [5, 5.41) is 0. The molecule has 2 heterocycles. The van der Waals surface area contributed by atoms with Crippen LogP contribution in [0.25, 0.3) is 0 Å². The molecule has 0 spiro atoms. The average Bonchev–Trinajstić information content (AvgIpc) is 3.04. The second-order valence-corrected chi connectivity index (χ2v) is 5.70. The highest BCUT2D eigenvalue weighted by Gasteiger charge is 2.24. The van der Waals surface area contributed by atoms with Crippen LogP contribution in [0.4, 0.5) is 0 Å². The topological polar surface area (TPSA) is 44.0 Å². The third-order valence-corrected chi connectivity index (χ3v) is 4.14. The van der Waals surface area contributed by atoms with E-state index in [9.17, 15) is 9.59 Å². The van der Waals surface area contributed by atoms with Crippen LogP contribution in [0.15, 0.2) is 24.3 Å². The number of ketones is 2. The Morgan fingerprint density at radius 1 is 0.773 bits per heavy atom. The molecule has 4 heteroatoms. The van der Waals surface area contributed by atoms with E-state index in [4.69, 9.17) is 0 Å². The van der Waals surface area contributed by atoms with Gasteiger partial charge in [0.2, 0.25) is 0 Å². The molecule has 0 N–H and O–H groups in total. The van der Waals surface area contributed by atoms with Crippen LogP contribution in [0, 0.1) is 0 Å². The first-order valence-electron chi connectivity index (χ1n) is 7.89. The fourth-order valence-corrected chi connectivity index (χ4v) is 2.81. The fourth-order valence-electron chi connectivity index (χ4n) is 2.81. The highest BCUT2D eigenvalue weighted by atomic mass is 16.2. The molecule has 2 aromatic rings. The third-order valence-electron chi connectivity index (χ3n) is 4.14. The molecule has 22 heavy (non-hydrogen) atoms. The van der Waals surface area contributed by atoms with E-state index in [2.05, 4.69) is 13.8 Å². The van der Waals surface area contributed by atoms with Crippen LogP contribution < -0.4 is 0 Å². The minimum atomic E-state index is -0.436. The SMILES string of the molecule is CCCc1ccc(C(=O)C(=O)c2ccc(CCC)n2C)n1C. The Kier molecular flexibility index (Phi) is 5.01. The summed E-state index contributed by atoms with van der Waals surface area (Å²) in [5.41, 5.74) is 3.09. The predicted molar refractivity (Wildman–Crippen MR) is 87.5 cm³/mol. The largest absolute Gasteiger partial charge is 0.345 e. The second-order valence-electron chi connectivity index (χ2n) is 5.70. The molecule has 0 atom stereocenters. The Morgan fingerprint density at radius 3 is 1.45 bits per heavy atom. The Labute approximate surface area is 131 Å². The van der Waals surface area contributed by atoms with Crippen molar-refractivity contribution in [2.24, 2.45) is 14.1 Å². The first-order valence-corrected chi connectivity index (χ1v) is 7.89. The molecular formula is C18H24N2O2. The summed E-state index contributed by atoms with van der Waals surface area (Å²) >= 11 is 0. The minimum absolute atomic E-state index is 0.436. The first-order chi connectivity index (χ1) is 10.5. The number of hydrogen-bond acceptors (Lipinski definition) is 2. The maximum absolute atomic E-state index is 12.5. The van der Waals surface area contributed by atoms with Crippen molar-refractivity contribution in [3.05, 3.63) is 47.0 Å². The van der Waals surface area contributed by atoms with Crippen molar-refractivity contribution in [3.63, 3.8) is 0 Å². The summed E-state index contributed by atoms with van der Waals surface area (Å²) < 4.78 is 3.67. The molecule has 0 aromatic carbocycles. The number of rotatable bonds is 7. The van der Waals surface area contributed by atoms with Crippen molar-refractivity contribution < 1.29 is 9.59 Å². The van der Waals surface area contributed by atoms with Gasteiger partial charge in [-0.05, 0) is 37.1 Å². The van der Waals surface area contributed by atoms with Gasteiger partial charge < -0.3 is 9.13 Å². The van der Waals surface area contributed by atoms with Gasteiger partial charge in [-0.2, -0.15) is 0 Å². The van der Waals surface area contributed by atoms with E-state index in [-0.39, 0.29) is 0 Å². The minimum Gasteiger partial charge on any atom is -0.345 e. The molecule has 0 amide bonds. The summed E-state index contributed by atoms with van der Waals surface area (Å²) in [5.74, 6) is -0.872. The normalized spacial score (nSPS) is 10.9. The van der Waals surface area contributed by atoms with Gasteiger partial charge in [0.25, 0.3) is 11.6 Å². The number of carbonyl (C=O) groups is 2. The first kappa shape index (κ1) is 16.3. The number of carbonyl (C=O) groups excluding carboxylic acids is 2. The van der Waals surface area contributed by atoms with E-state index in [1.54, 1.807) is 12.1 Å². The van der Waals surface area contributed by atoms with Gasteiger partial charge in [-0.3, -0.25) is 9.59 Å². The number of hydrogen-bond donors (Lipinski definition) is 0. The van der Waals surface area contributed by atoms with Crippen molar-refractivity contribution in [1.82, 2.24) is 9.13 Å². The molecule has 0 aliphatic heterocycles. The Morgan fingerprint density at radius 2 is 1.14 bits per heavy atom. The predicted octanol–water partition coefficient (Wildman–Crippen LogP) is 3.33. The van der Waals surface area contributed by atoms with Crippen LogP contribution in [-0.4, -0.2) is 20.7 Å². The Bertz CT molecular complexity index is 632. The second kappa shape index (κ2) is 6.77. The number of Topliss-reactive ketones (excluding diaryl/α,β-unsaturated/α-hetero) is 2. The molecule has 0 fully saturated rings. The third kappa shape index (κ3) is 2.91. The van der Waals surface area contributed by atoms with Crippen LogP contribution in [0.5, 0.6) is 0 Å². The summed E-state index contributed by atoms with van der Waals surface area (Å²) in [4.78, 5) is 25.0. The van der Waals surface area contributed by atoms with E-state index in [1.165, 1.54) is 0 Å². The number of aromatic nitrogens is 2. The van der Waals surface area contributed by atoms with Crippen molar-refractivity contribution >= 4 is 11.6 Å². The van der Waals surface area contributed by atoms with Crippen LogP contribution in [0.3, 0.4) is 0 Å². The van der Waals surface area contributed by atoms with Crippen molar-refractivity contribution in [2.45, 2.75) is 39.5 Å². The molecule has 0 saturated carbocycles. The zero-order chi connectivity index (χ0) is 16.3. The van der Waals surface area contributed by atoms with Gasteiger partial charge in [0.15, 0.2) is 0 Å². The monoisotopic (exact) mass is 300 g/mol. The lowest BCUT2D eigenvalue weighted by molar-refractivity contribution is 0.0807. The molecule has 0 saturated heterocycles. The highest BCUT2D eigenvalue weighted by molar-refractivity contribution is 6.48. The zero-order valence-electron chi connectivity index (χ0n) is 13.8. The fraction of sp³-hybridized carbons (Fsp3) is 0.444. The molecular weight excluding hydrogens is 276 g/mol. The maximum atomic E-state index is 12.5. The van der Waals surface area contributed by atoms with Gasteiger partial charge in [-0.15, -0.1) is 0 Å². The van der Waals surface area contributed by atoms with Crippen LogP contribution in [-0.2, 0) is 26.9 Å². The molecule has 4 nitrogen and oxygen atoms in total. The molecule has 0 unspecified atom stereocenters. The summed E-state index contributed by atoms with van der Waals surface area (Å²) in [6, 6.07) is 7.36. The lowest BCUT2D eigenvalue weighted by Gasteiger charge is -2.08. The molecule has 2 rings (SSSR count). The van der Waals surface area contributed by atoms with Crippen molar-refractivity contribution in [1.29, 1.82) is 0 Å². The Hall–Kier alpha value is -2.10. The van der Waals surface area contributed by atoms with Gasteiger partial charge in [0.05, 0.1) is 11.4 Å². The quantitative estimate of drug-likeness (QED) is 0.581. The van der Waals surface area contributed by atoms with E-state index in [1.807, 2.05) is 35.4 Å². The number of nitrogens with zero attached hydrogens (tertiary/aromatic N) is 2. The number of aryl methyl sites for hydroxylation is 2. The van der Waals surface area contributed by atoms with Crippen molar-refractivity contribution in [3.8, 4) is 0 Å². The van der Waals surface area contributed by atoms with Crippen LogP contribution in [0.1, 0.15) is 59.1 Å². The molecule has 0 bridgehead atoms. The molecule has 0 radical (unpaired) electrons. The zero-order valence-corrected chi connectivity index (χ0v) is 13.8. The summed E-state index contributed by atoms with van der Waals surface area (Å²) in [6.45, 7) is 4.19. The van der Waals surface area contributed by atoms with E-state index < -0.39 is 11.6 Å². The highest BCUT2D eigenvalue weighted by Crippen LogP contribution is 2.15. The van der Waals surface area contributed by atoms with Gasteiger partial charge in [-0.25, -0.2) is 0 Å². The smallest absolute Gasteiger partial charge is 0.251 e. The van der Waals surface area contributed by atoms with Crippen molar-refractivity contribution in [2.75, 3.05) is 0 Å². The summed E-state index contributed by atoms with van der Waals surface area (Å²) in [7, 11) is 3.69. The summed E-state index contributed by atoms with van der Waals surface area (Å²) in [6.07, 6.45) is 3.83.